The molecule has 0 amide bonds. The van der Waals surface area contributed by atoms with Crippen molar-refractivity contribution in [2.45, 2.75) is 50.5 Å². The van der Waals surface area contributed by atoms with Crippen molar-refractivity contribution < 1.29 is 14.0 Å². The molecule has 0 saturated carbocycles. The predicted octanol–water partition coefficient (Wildman–Crippen LogP) is 2.87. The molecule has 4 heterocycles. The molecule has 2 unspecified atom stereocenters. The molecular formula is C21H23FN6O2. The summed E-state index contributed by atoms with van der Waals surface area (Å²) in [6, 6.07) is 5.17. The number of benzene rings is 1. The molecule has 4 atom stereocenters. The number of phenols is 1. The Labute approximate surface area is 173 Å². The fraction of sp³-hybridized carbons (Fsp3) is 0.429. The molecule has 156 valence electrons. The summed E-state index contributed by atoms with van der Waals surface area (Å²) in [6.07, 6.45) is 4.97. The van der Waals surface area contributed by atoms with Gasteiger partial charge in [-0.25, -0.2) is 9.37 Å². The van der Waals surface area contributed by atoms with Gasteiger partial charge in [0.25, 0.3) is 5.89 Å². The van der Waals surface area contributed by atoms with E-state index >= 15 is 0 Å². The van der Waals surface area contributed by atoms with Gasteiger partial charge in [0.05, 0.1) is 24.1 Å². The van der Waals surface area contributed by atoms with Crippen LogP contribution in [-0.4, -0.2) is 56.6 Å². The second-order valence-corrected chi connectivity index (χ2v) is 8.04. The van der Waals surface area contributed by atoms with Gasteiger partial charge < -0.3 is 19.8 Å². The summed E-state index contributed by atoms with van der Waals surface area (Å²) >= 11 is 0. The van der Waals surface area contributed by atoms with E-state index in [0.29, 0.717) is 40.4 Å². The van der Waals surface area contributed by atoms with Crippen LogP contribution in [0.15, 0.2) is 35.1 Å². The molecule has 2 N–H and O–H groups in total. The molecule has 2 aliphatic rings. The van der Waals surface area contributed by atoms with Crippen molar-refractivity contribution in [3.05, 3.63) is 36.4 Å². The van der Waals surface area contributed by atoms with Crippen LogP contribution in [0.5, 0.6) is 5.75 Å². The highest BCUT2D eigenvalue weighted by Gasteiger charge is 2.43. The standard InChI is InChI=1S/C21H23FN6O2/c1-11-25-21(30-27-11)12-3-5-14(18(29)7-12)16-9-24-19(10-23-16)28(2)17-8-13-4-6-15(26-13)20(17)22/h3,5,7,9-10,13,15,17,20,26,29H,4,6,8H2,1-2H3/t13?,15?,17-,20+/m0/s1. The van der Waals surface area contributed by atoms with E-state index in [2.05, 4.69) is 25.4 Å². The Hall–Kier alpha value is -3.07. The van der Waals surface area contributed by atoms with Crippen molar-refractivity contribution in [3.8, 4) is 28.5 Å². The van der Waals surface area contributed by atoms with E-state index in [0.717, 1.165) is 19.3 Å². The second-order valence-electron chi connectivity index (χ2n) is 8.04. The Morgan fingerprint density at radius 1 is 1.23 bits per heavy atom. The van der Waals surface area contributed by atoms with Gasteiger partial charge in [0.2, 0.25) is 0 Å². The summed E-state index contributed by atoms with van der Waals surface area (Å²) in [5, 5.41) is 17.6. The van der Waals surface area contributed by atoms with E-state index < -0.39 is 6.17 Å². The molecule has 0 aliphatic carbocycles. The lowest BCUT2D eigenvalue weighted by Gasteiger charge is -2.38. The number of hydrogen-bond acceptors (Lipinski definition) is 8. The van der Waals surface area contributed by atoms with E-state index in [1.807, 2.05) is 11.9 Å². The number of aromatic hydroxyl groups is 1. The number of aromatic nitrogens is 4. The van der Waals surface area contributed by atoms with Gasteiger partial charge >= 0.3 is 0 Å². The van der Waals surface area contributed by atoms with Crippen molar-refractivity contribution in [2.75, 3.05) is 11.9 Å². The van der Waals surface area contributed by atoms with Crippen LogP contribution >= 0.6 is 0 Å². The molecule has 2 aromatic heterocycles. The molecule has 2 bridgehead atoms. The van der Waals surface area contributed by atoms with Crippen molar-refractivity contribution in [2.24, 2.45) is 0 Å². The molecule has 2 aliphatic heterocycles. The minimum atomic E-state index is -0.930. The van der Waals surface area contributed by atoms with Gasteiger partial charge in [0, 0.05) is 30.3 Å². The number of nitrogens with zero attached hydrogens (tertiary/aromatic N) is 5. The number of alkyl halides is 1. The van der Waals surface area contributed by atoms with Crippen LogP contribution in [0.2, 0.25) is 0 Å². The average molecular weight is 410 g/mol. The molecular weight excluding hydrogens is 387 g/mol. The van der Waals surface area contributed by atoms with Crippen molar-refractivity contribution in [1.29, 1.82) is 0 Å². The number of fused-ring (bicyclic) bond motifs is 2. The molecule has 5 rings (SSSR count). The van der Waals surface area contributed by atoms with Gasteiger partial charge in [-0.1, -0.05) is 5.16 Å². The first-order chi connectivity index (χ1) is 14.5. The van der Waals surface area contributed by atoms with Crippen LogP contribution in [0.4, 0.5) is 10.2 Å². The van der Waals surface area contributed by atoms with Gasteiger partial charge in [-0.05, 0) is 44.4 Å². The topological polar surface area (TPSA) is 100 Å². The van der Waals surface area contributed by atoms with Gasteiger partial charge in [0.15, 0.2) is 5.82 Å². The first-order valence-electron chi connectivity index (χ1n) is 10.1. The molecule has 9 heteroatoms. The summed E-state index contributed by atoms with van der Waals surface area (Å²) in [4.78, 5) is 15.0. The summed E-state index contributed by atoms with van der Waals surface area (Å²) in [6.45, 7) is 1.73. The lowest BCUT2D eigenvalue weighted by Crippen LogP contribution is -2.55. The number of piperidine rings is 1. The SMILES string of the molecule is Cc1noc(-c2ccc(-c3cnc(N(C)[C@H]4CC5CCC(N5)[C@H]4F)cn3)c(O)c2)n1. The number of rotatable bonds is 4. The molecule has 2 saturated heterocycles. The maximum absolute atomic E-state index is 14.8. The Morgan fingerprint density at radius 2 is 2.10 bits per heavy atom. The van der Waals surface area contributed by atoms with Crippen LogP contribution in [0, 0.1) is 6.92 Å². The number of halogens is 1. The number of nitrogens with one attached hydrogen (secondary N) is 1. The van der Waals surface area contributed by atoms with Crippen molar-refractivity contribution in [3.63, 3.8) is 0 Å². The third kappa shape index (κ3) is 3.28. The molecule has 1 aromatic carbocycles. The lowest BCUT2D eigenvalue weighted by molar-refractivity contribution is 0.176. The fourth-order valence-corrected chi connectivity index (χ4v) is 4.46. The van der Waals surface area contributed by atoms with E-state index in [4.69, 9.17) is 4.52 Å². The van der Waals surface area contributed by atoms with E-state index in [-0.39, 0.29) is 17.8 Å². The maximum atomic E-state index is 14.8. The van der Waals surface area contributed by atoms with Crippen LogP contribution in [0.3, 0.4) is 0 Å². The normalized spacial score (nSPS) is 25.4. The predicted molar refractivity (Wildman–Crippen MR) is 109 cm³/mol. The Balaban J connectivity index is 1.36. The first-order valence-corrected chi connectivity index (χ1v) is 10.1. The van der Waals surface area contributed by atoms with Crippen molar-refractivity contribution >= 4 is 5.82 Å². The Morgan fingerprint density at radius 3 is 2.80 bits per heavy atom. The van der Waals surface area contributed by atoms with Gasteiger partial charge in [0.1, 0.15) is 17.7 Å². The zero-order chi connectivity index (χ0) is 20.8. The monoisotopic (exact) mass is 410 g/mol. The lowest BCUT2D eigenvalue weighted by atomic mass is 9.96. The molecule has 0 spiro atoms. The third-order valence-corrected chi connectivity index (χ3v) is 6.10. The molecule has 0 radical (unpaired) electrons. The van der Waals surface area contributed by atoms with Gasteiger partial charge in [-0.2, -0.15) is 4.98 Å². The quantitative estimate of drug-likeness (QED) is 0.677. The highest BCUT2D eigenvalue weighted by Crippen LogP contribution is 2.34. The number of aryl methyl sites for hydroxylation is 1. The fourth-order valence-electron chi connectivity index (χ4n) is 4.46. The minimum Gasteiger partial charge on any atom is -0.507 e. The van der Waals surface area contributed by atoms with Gasteiger partial charge in [-0.3, -0.25) is 4.98 Å². The largest absolute Gasteiger partial charge is 0.507 e. The van der Waals surface area contributed by atoms with Crippen LogP contribution in [0.25, 0.3) is 22.7 Å². The summed E-state index contributed by atoms with van der Waals surface area (Å²) in [5.41, 5.74) is 1.69. The van der Waals surface area contributed by atoms with Crippen LogP contribution in [0.1, 0.15) is 25.1 Å². The molecule has 30 heavy (non-hydrogen) atoms. The third-order valence-electron chi connectivity index (χ3n) is 6.10. The summed E-state index contributed by atoms with van der Waals surface area (Å²) < 4.78 is 20.0. The van der Waals surface area contributed by atoms with Crippen molar-refractivity contribution in [1.82, 2.24) is 25.4 Å². The minimum absolute atomic E-state index is 0.0394. The van der Waals surface area contributed by atoms with Gasteiger partial charge in [-0.15, -0.1) is 0 Å². The zero-order valence-electron chi connectivity index (χ0n) is 16.8. The molecule has 8 nitrogen and oxygen atoms in total. The summed E-state index contributed by atoms with van der Waals surface area (Å²) in [5.74, 6) is 1.52. The second kappa shape index (κ2) is 7.32. The van der Waals surface area contributed by atoms with E-state index in [9.17, 15) is 9.50 Å². The number of anilines is 1. The van der Waals surface area contributed by atoms with Crippen LogP contribution in [-0.2, 0) is 0 Å². The Bertz CT molecular complexity index is 1060. The number of hydrogen-bond donors (Lipinski definition) is 2. The average Bonchev–Trinajstić information content (AvgIpc) is 3.37. The van der Waals surface area contributed by atoms with Crippen LogP contribution < -0.4 is 10.2 Å². The first kappa shape index (κ1) is 18.9. The maximum Gasteiger partial charge on any atom is 0.258 e. The zero-order valence-corrected chi connectivity index (χ0v) is 16.8. The Kier molecular flexibility index (Phi) is 4.62. The highest BCUT2D eigenvalue weighted by molar-refractivity contribution is 5.71. The highest BCUT2D eigenvalue weighted by atomic mass is 19.1. The summed E-state index contributed by atoms with van der Waals surface area (Å²) in [7, 11) is 1.87. The smallest absolute Gasteiger partial charge is 0.258 e. The van der Waals surface area contributed by atoms with E-state index in [1.54, 1.807) is 37.5 Å². The molecule has 2 fully saturated rings. The molecule has 3 aromatic rings. The van der Waals surface area contributed by atoms with E-state index in [1.165, 1.54) is 0 Å². The number of phenolic OH excluding ortho intramolecular Hbond substituents is 1.